The summed E-state index contributed by atoms with van der Waals surface area (Å²) in [6.07, 6.45) is 3.51. The highest BCUT2D eigenvalue weighted by Crippen LogP contribution is 2.44. The number of para-hydroxylation sites is 1. The van der Waals surface area contributed by atoms with Gasteiger partial charge < -0.3 is 9.26 Å². The molecule has 1 fully saturated rings. The first-order valence-corrected chi connectivity index (χ1v) is 11.6. The zero-order valence-corrected chi connectivity index (χ0v) is 18.3. The third-order valence-corrected chi connectivity index (χ3v) is 6.85. The molecule has 0 amide bonds. The summed E-state index contributed by atoms with van der Waals surface area (Å²) in [4.78, 5) is 17.9. The fourth-order valence-corrected chi connectivity index (χ4v) is 5.01. The van der Waals surface area contributed by atoms with Crippen molar-refractivity contribution in [1.29, 1.82) is 0 Å². The van der Waals surface area contributed by atoms with Crippen LogP contribution >= 0.6 is 0 Å². The van der Waals surface area contributed by atoms with E-state index in [0.29, 0.717) is 17.6 Å². The van der Waals surface area contributed by atoms with E-state index in [9.17, 15) is 4.79 Å². The smallest absolute Gasteiger partial charge is 0.418 e. The number of fused-ring (bicyclic) bond motifs is 4. The molecular weight excluding hydrogens is 426 g/mol. The number of carbonyl (C=O) groups is 1. The molecule has 0 radical (unpaired) electrons. The lowest BCUT2D eigenvalue weighted by Crippen LogP contribution is -2.17. The highest BCUT2D eigenvalue weighted by molar-refractivity contribution is 5.99. The topological polar surface area (TPSA) is 70.2 Å². The van der Waals surface area contributed by atoms with E-state index in [4.69, 9.17) is 9.26 Å². The van der Waals surface area contributed by atoms with E-state index in [0.717, 1.165) is 29.3 Å². The Balaban J connectivity index is 1.21. The zero-order valence-electron chi connectivity index (χ0n) is 18.3. The summed E-state index contributed by atoms with van der Waals surface area (Å²) in [5.41, 5.74) is 6.31. The molecule has 0 spiro atoms. The van der Waals surface area contributed by atoms with Crippen molar-refractivity contribution >= 4 is 17.0 Å². The maximum Gasteiger partial charge on any atom is 0.418 e. The Kier molecular flexibility index (Phi) is 4.21. The third kappa shape index (κ3) is 2.99. The lowest BCUT2D eigenvalue weighted by Gasteiger charge is -2.14. The van der Waals surface area contributed by atoms with Crippen molar-refractivity contribution in [2.45, 2.75) is 24.7 Å². The summed E-state index contributed by atoms with van der Waals surface area (Å²) in [7, 11) is 0. The molecular formula is C28H21N3O3. The van der Waals surface area contributed by atoms with Gasteiger partial charge in [-0.3, -0.25) is 4.57 Å². The summed E-state index contributed by atoms with van der Waals surface area (Å²) >= 11 is 0. The van der Waals surface area contributed by atoms with Gasteiger partial charge in [0, 0.05) is 29.0 Å². The van der Waals surface area contributed by atoms with Gasteiger partial charge in [0.25, 0.3) is 0 Å². The lowest BCUT2D eigenvalue weighted by atomic mass is 9.98. The first-order chi connectivity index (χ1) is 16.8. The first kappa shape index (κ1) is 19.3. The monoisotopic (exact) mass is 447 g/mol. The zero-order chi connectivity index (χ0) is 22.6. The maximum atomic E-state index is 13.3. The van der Waals surface area contributed by atoms with Crippen molar-refractivity contribution in [2.75, 3.05) is 6.61 Å². The predicted molar refractivity (Wildman–Crippen MR) is 128 cm³/mol. The van der Waals surface area contributed by atoms with Gasteiger partial charge in [-0.15, -0.1) is 0 Å². The molecule has 0 N–H and O–H groups in total. The van der Waals surface area contributed by atoms with Crippen LogP contribution in [0, 0.1) is 0 Å². The number of nitrogens with zero attached hydrogens (tertiary/aromatic N) is 3. The Morgan fingerprint density at radius 3 is 2.32 bits per heavy atom. The Labute approximate surface area is 195 Å². The van der Waals surface area contributed by atoms with Crippen LogP contribution < -0.4 is 0 Å². The Bertz CT molecular complexity index is 1510. The van der Waals surface area contributed by atoms with E-state index in [1.54, 1.807) is 10.8 Å². The molecule has 2 aromatic heterocycles. The van der Waals surface area contributed by atoms with Crippen LogP contribution in [-0.2, 0) is 4.74 Å². The standard InChI is InChI=1S/C28H21N3O3/c32-28(33-16-24-20-9-3-1-7-18(20)19-8-2-4-10-21(19)24)31-15-23(22-11-5-6-12-25(22)31)26-29-27(34-30-26)17-13-14-17/h1-12,15,17,24H,13-14,16H2. The molecule has 7 rings (SSSR count). The van der Waals surface area contributed by atoms with Crippen LogP contribution in [0.5, 0.6) is 0 Å². The van der Waals surface area contributed by atoms with Crippen LogP contribution in [0.1, 0.15) is 41.7 Å². The second-order valence-electron chi connectivity index (χ2n) is 8.96. The molecule has 0 saturated heterocycles. The minimum atomic E-state index is -0.421. The van der Waals surface area contributed by atoms with E-state index >= 15 is 0 Å². The van der Waals surface area contributed by atoms with Crippen molar-refractivity contribution in [3.8, 4) is 22.5 Å². The summed E-state index contributed by atoms with van der Waals surface area (Å²) in [5, 5.41) is 5.07. The number of benzene rings is 3. The van der Waals surface area contributed by atoms with E-state index in [-0.39, 0.29) is 12.5 Å². The molecule has 2 heterocycles. The van der Waals surface area contributed by atoms with Crippen molar-refractivity contribution < 1.29 is 14.1 Å². The molecule has 166 valence electrons. The van der Waals surface area contributed by atoms with Gasteiger partial charge in [-0.25, -0.2) is 4.79 Å². The molecule has 1 saturated carbocycles. The van der Waals surface area contributed by atoms with E-state index in [2.05, 4.69) is 34.4 Å². The molecule has 6 heteroatoms. The maximum absolute atomic E-state index is 13.3. The average Bonchev–Trinajstić information content (AvgIpc) is 3.35. The van der Waals surface area contributed by atoms with Gasteiger partial charge in [0.05, 0.1) is 5.52 Å². The van der Waals surface area contributed by atoms with Gasteiger partial charge in [-0.2, -0.15) is 4.98 Å². The van der Waals surface area contributed by atoms with Crippen molar-refractivity contribution in [3.05, 3.63) is 96.0 Å². The fourth-order valence-electron chi connectivity index (χ4n) is 5.01. The molecule has 0 bridgehead atoms. The van der Waals surface area contributed by atoms with E-state index in [1.807, 2.05) is 48.5 Å². The molecule has 34 heavy (non-hydrogen) atoms. The molecule has 3 aromatic carbocycles. The van der Waals surface area contributed by atoms with Crippen LogP contribution in [0.3, 0.4) is 0 Å². The SMILES string of the molecule is O=C(OCC1c2ccccc2-c2ccccc21)n1cc(-c2noc(C3CC3)n2)c2ccccc21. The minimum Gasteiger partial charge on any atom is -0.448 e. The Morgan fingerprint density at radius 2 is 1.59 bits per heavy atom. The van der Waals surface area contributed by atoms with Crippen LogP contribution in [-0.4, -0.2) is 27.4 Å². The molecule has 0 aliphatic heterocycles. The van der Waals surface area contributed by atoms with E-state index in [1.165, 1.54) is 22.3 Å². The van der Waals surface area contributed by atoms with Crippen molar-refractivity contribution in [1.82, 2.24) is 14.7 Å². The molecule has 2 aliphatic carbocycles. The normalized spacial score (nSPS) is 14.8. The number of aromatic nitrogens is 3. The quantitative estimate of drug-likeness (QED) is 0.320. The summed E-state index contributed by atoms with van der Waals surface area (Å²) < 4.78 is 12.9. The number of carbonyl (C=O) groups excluding carboxylic acids is 1. The van der Waals surface area contributed by atoms with Gasteiger partial charge in [0.15, 0.2) is 0 Å². The second-order valence-corrected chi connectivity index (χ2v) is 8.96. The van der Waals surface area contributed by atoms with Gasteiger partial charge in [0.1, 0.15) is 6.61 Å². The minimum absolute atomic E-state index is 0.0101. The highest BCUT2D eigenvalue weighted by Gasteiger charge is 2.31. The number of hydrogen-bond acceptors (Lipinski definition) is 5. The summed E-state index contributed by atoms with van der Waals surface area (Å²) in [5.74, 6) is 1.56. The molecule has 6 nitrogen and oxygen atoms in total. The molecule has 2 aliphatic rings. The third-order valence-electron chi connectivity index (χ3n) is 6.85. The molecule has 0 unspecified atom stereocenters. The van der Waals surface area contributed by atoms with Gasteiger partial charge >= 0.3 is 6.09 Å². The molecule has 0 atom stereocenters. The predicted octanol–water partition coefficient (Wildman–Crippen LogP) is 6.37. The van der Waals surface area contributed by atoms with Gasteiger partial charge in [-0.1, -0.05) is 71.9 Å². The molecule has 5 aromatic rings. The second kappa shape index (κ2) is 7.42. The van der Waals surface area contributed by atoms with Crippen LogP contribution in [0.15, 0.2) is 83.5 Å². The van der Waals surface area contributed by atoms with E-state index < -0.39 is 6.09 Å². The van der Waals surface area contributed by atoms with Crippen molar-refractivity contribution in [3.63, 3.8) is 0 Å². The average molecular weight is 447 g/mol. The van der Waals surface area contributed by atoms with Crippen LogP contribution in [0.2, 0.25) is 0 Å². The number of hydrogen-bond donors (Lipinski definition) is 0. The van der Waals surface area contributed by atoms with Crippen LogP contribution in [0.4, 0.5) is 4.79 Å². The van der Waals surface area contributed by atoms with Gasteiger partial charge in [0.2, 0.25) is 11.7 Å². The summed E-state index contributed by atoms with van der Waals surface area (Å²) in [6, 6.07) is 24.4. The highest BCUT2D eigenvalue weighted by atomic mass is 16.5. The first-order valence-electron chi connectivity index (χ1n) is 11.6. The van der Waals surface area contributed by atoms with Gasteiger partial charge in [-0.05, 0) is 41.2 Å². The fraction of sp³-hybridized carbons (Fsp3) is 0.179. The lowest BCUT2D eigenvalue weighted by molar-refractivity contribution is 0.145. The Morgan fingerprint density at radius 1 is 0.912 bits per heavy atom. The van der Waals surface area contributed by atoms with Crippen molar-refractivity contribution in [2.24, 2.45) is 0 Å². The summed E-state index contributed by atoms with van der Waals surface area (Å²) in [6.45, 7) is 0.267. The largest absolute Gasteiger partial charge is 0.448 e. The number of ether oxygens (including phenoxy) is 1. The number of rotatable bonds is 4. The Hall–Kier alpha value is -4.19. The van der Waals surface area contributed by atoms with Crippen LogP contribution in [0.25, 0.3) is 33.4 Å².